The van der Waals surface area contributed by atoms with E-state index >= 15 is 0 Å². The van der Waals surface area contributed by atoms with Crippen LogP contribution in [0.4, 0.5) is 5.95 Å². The molecule has 0 amide bonds. The molecule has 0 spiro atoms. The monoisotopic (exact) mass is 449 g/mol. The quantitative estimate of drug-likeness (QED) is 0.464. The van der Waals surface area contributed by atoms with E-state index < -0.39 is 42.2 Å². The summed E-state index contributed by atoms with van der Waals surface area (Å²) < 4.78 is 19.5. The van der Waals surface area contributed by atoms with Crippen LogP contribution in [0.3, 0.4) is 0 Å². The van der Waals surface area contributed by atoms with Gasteiger partial charge in [-0.25, -0.2) is 14.3 Å². The van der Waals surface area contributed by atoms with Crippen molar-refractivity contribution >= 4 is 40.8 Å². The van der Waals surface area contributed by atoms with Crippen LogP contribution in [-0.2, 0) is 30.3 Å². The highest BCUT2D eigenvalue weighted by atomic mass is 32.2. The molecule has 0 bridgehead atoms. The van der Waals surface area contributed by atoms with Gasteiger partial charge >= 0.3 is 17.6 Å². The van der Waals surface area contributed by atoms with E-state index in [9.17, 15) is 14.4 Å². The summed E-state index contributed by atoms with van der Waals surface area (Å²) in [6, 6.07) is 0. The zero-order valence-corrected chi connectivity index (χ0v) is 18.1. The van der Waals surface area contributed by atoms with Crippen molar-refractivity contribution in [1.82, 2.24) is 19.1 Å². The van der Waals surface area contributed by atoms with Crippen molar-refractivity contribution in [1.29, 1.82) is 0 Å². The molecule has 11 nitrogen and oxygen atoms in total. The smallest absolute Gasteiger partial charge is 0.333 e. The molecule has 3 heterocycles. The first-order valence-electron chi connectivity index (χ1n) is 9.42. The molecular weight excluding hydrogens is 426 g/mol. The van der Waals surface area contributed by atoms with Gasteiger partial charge in [0.05, 0.1) is 12.7 Å². The molecule has 1 aliphatic heterocycles. The number of carbonyl (C=O) groups is 2. The second kappa shape index (κ2) is 9.40. The average molecular weight is 449 g/mol. The predicted octanol–water partition coefficient (Wildman–Crippen LogP) is 0.322. The molecule has 12 heteroatoms. The number of nitrogens with zero attached hydrogens (tertiary/aromatic N) is 4. The van der Waals surface area contributed by atoms with Gasteiger partial charge in [0.25, 0.3) is 0 Å². The van der Waals surface area contributed by atoms with Gasteiger partial charge in [0.15, 0.2) is 11.9 Å². The number of carbonyl (C=O) groups excluding carboxylic acids is 2. The number of fused-ring (bicyclic) bond motifs is 1. The van der Waals surface area contributed by atoms with E-state index in [1.165, 1.54) is 40.9 Å². The zero-order chi connectivity index (χ0) is 22.7. The third-order valence-corrected chi connectivity index (χ3v) is 5.37. The lowest BCUT2D eigenvalue weighted by Crippen LogP contribution is -2.34. The highest BCUT2D eigenvalue weighted by Gasteiger charge is 2.45. The molecule has 1 unspecified atom stereocenters. The Labute approximate surface area is 182 Å². The Balaban J connectivity index is 2.09. The first kappa shape index (κ1) is 22.6. The van der Waals surface area contributed by atoms with Crippen molar-refractivity contribution < 1.29 is 23.8 Å². The molecule has 1 saturated heterocycles. The Morgan fingerprint density at radius 2 is 2.19 bits per heavy atom. The van der Waals surface area contributed by atoms with Crippen molar-refractivity contribution in [3.8, 4) is 12.3 Å². The topological polar surface area (TPSA) is 141 Å². The van der Waals surface area contributed by atoms with Crippen molar-refractivity contribution in [2.24, 2.45) is 0 Å². The number of terminal acetylenes is 1. The van der Waals surface area contributed by atoms with Gasteiger partial charge in [-0.15, -0.1) is 6.42 Å². The van der Waals surface area contributed by atoms with Crippen LogP contribution >= 0.6 is 11.8 Å². The van der Waals surface area contributed by atoms with E-state index in [4.69, 9.17) is 26.4 Å². The number of imidazole rings is 1. The van der Waals surface area contributed by atoms with E-state index in [-0.39, 0.29) is 24.6 Å². The lowest BCUT2D eigenvalue weighted by molar-refractivity contribution is -0.156. The number of anilines is 1. The molecule has 3 rings (SSSR count). The number of ether oxygens (including phenoxy) is 3. The number of nitrogens with two attached hydrogens (primary N) is 1. The normalized spacial score (nSPS) is 21.5. The molecule has 0 saturated carbocycles. The molecule has 0 aliphatic carbocycles. The van der Waals surface area contributed by atoms with Crippen molar-refractivity contribution in [2.75, 3.05) is 17.7 Å². The third-order valence-electron chi connectivity index (χ3n) is 4.71. The lowest BCUT2D eigenvalue weighted by Gasteiger charge is -2.22. The lowest BCUT2D eigenvalue weighted by atomic mass is 10.1. The van der Waals surface area contributed by atoms with Gasteiger partial charge in [-0.1, -0.05) is 5.92 Å². The number of hydrogen-bond acceptors (Lipinski definition) is 10. The molecule has 2 N–H and O–H groups in total. The van der Waals surface area contributed by atoms with Crippen molar-refractivity contribution in [3.05, 3.63) is 16.7 Å². The van der Waals surface area contributed by atoms with Gasteiger partial charge < -0.3 is 19.9 Å². The molecule has 166 valence electrons. The van der Waals surface area contributed by atoms with Gasteiger partial charge in [0, 0.05) is 26.0 Å². The summed E-state index contributed by atoms with van der Waals surface area (Å²) in [5.41, 5.74) is 5.79. The molecule has 2 aromatic heterocycles. The third kappa shape index (κ3) is 4.67. The Kier molecular flexibility index (Phi) is 6.87. The van der Waals surface area contributed by atoms with Crippen LogP contribution < -0.4 is 11.4 Å². The Hall–Kier alpha value is -3.04. The maximum absolute atomic E-state index is 13.2. The molecule has 31 heavy (non-hydrogen) atoms. The zero-order valence-electron chi connectivity index (χ0n) is 17.3. The fourth-order valence-electron chi connectivity index (χ4n) is 3.59. The van der Waals surface area contributed by atoms with Gasteiger partial charge in [-0.2, -0.15) is 16.7 Å². The van der Waals surface area contributed by atoms with Crippen molar-refractivity contribution in [2.45, 2.75) is 51.4 Å². The number of nitrogen functional groups attached to an aromatic ring is 1. The predicted molar refractivity (Wildman–Crippen MR) is 113 cm³/mol. The molecule has 1 aliphatic rings. The molecule has 1 fully saturated rings. The minimum absolute atomic E-state index is 0.0213. The Bertz CT molecular complexity index is 1090. The van der Waals surface area contributed by atoms with Gasteiger partial charge in [-0.3, -0.25) is 14.2 Å². The second-order valence-corrected chi connectivity index (χ2v) is 7.84. The summed E-state index contributed by atoms with van der Waals surface area (Å²) in [4.78, 5) is 44.6. The standard InChI is InChI=1S/C19H23N5O6S/c1-5-6-23-12-8-21-18(20)22-16(12)24(19(23)27)17-14(28-10(2)25)7-13(30-17)15(9-31-4)29-11(3)26/h1,8,13-15,17H,6-7,9H2,2-4H3,(H2,20,21,22)/t13-,14+,15?,17+/m0/s1. The van der Waals surface area contributed by atoms with E-state index in [0.717, 1.165) is 0 Å². The SMILES string of the molecule is C#CCn1c(=O)n([C@@H]2O[C@H](C(CSC)OC(C)=O)C[C@H]2OC(C)=O)c2nc(N)ncc21. The van der Waals surface area contributed by atoms with E-state index in [2.05, 4.69) is 15.9 Å². The minimum atomic E-state index is -1.02. The first-order chi connectivity index (χ1) is 14.8. The molecule has 0 radical (unpaired) electrons. The Morgan fingerprint density at radius 1 is 1.45 bits per heavy atom. The van der Waals surface area contributed by atoms with Crippen LogP contribution in [0.2, 0.25) is 0 Å². The van der Waals surface area contributed by atoms with E-state index in [1.807, 2.05) is 6.26 Å². The fourth-order valence-corrected chi connectivity index (χ4v) is 4.20. The van der Waals surface area contributed by atoms with Gasteiger partial charge in [-0.05, 0) is 6.26 Å². The maximum atomic E-state index is 13.2. The fraction of sp³-hybridized carbons (Fsp3) is 0.526. The van der Waals surface area contributed by atoms with E-state index in [1.54, 1.807) is 0 Å². The second-order valence-electron chi connectivity index (χ2n) is 6.93. The van der Waals surface area contributed by atoms with Crippen LogP contribution in [0.15, 0.2) is 11.0 Å². The molecule has 0 aromatic carbocycles. The van der Waals surface area contributed by atoms with Crippen LogP contribution in [0, 0.1) is 12.3 Å². The molecule has 4 atom stereocenters. The summed E-state index contributed by atoms with van der Waals surface area (Å²) in [5.74, 6) is 1.84. The number of aromatic nitrogens is 4. The molecular formula is C19H23N5O6S. The average Bonchev–Trinajstić information content (AvgIpc) is 3.19. The van der Waals surface area contributed by atoms with Crippen LogP contribution in [0.1, 0.15) is 26.5 Å². The van der Waals surface area contributed by atoms with Crippen LogP contribution in [-0.4, -0.2) is 61.4 Å². The van der Waals surface area contributed by atoms with Gasteiger partial charge in [0.1, 0.15) is 23.8 Å². The highest BCUT2D eigenvalue weighted by Crippen LogP contribution is 2.35. The minimum Gasteiger partial charge on any atom is -0.459 e. The summed E-state index contributed by atoms with van der Waals surface area (Å²) in [5, 5.41) is 0. The number of esters is 2. The summed E-state index contributed by atoms with van der Waals surface area (Å²) in [7, 11) is 0. The van der Waals surface area contributed by atoms with Crippen LogP contribution in [0.25, 0.3) is 11.2 Å². The number of thioether (sulfide) groups is 1. The largest absolute Gasteiger partial charge is 0.459 e. The number of hydrogen-bond donors (Lipinski definition) is 1. The van der Waals surface area contributed by atoms with E-state index in [0.29, 0.717) is 11.3 Å². The summed E-state index contributed by atoms with van der Waals surface area (Å²) in [6.45, 7) is 2.55. The first-order valence-corrected chi connectivity index (χ1v) is 10.8. The molecule has 2 aromatic rings. The van der Waals surface area contributed by atoms with Gasteiger partial charge in [0.2, 0.25) is 5.95 Å². The van der Waals surface area contributed by atoms with Crippen LogP contribution in [0.5, 0.6) is 0 Å². The summed E-state index contributed by atoms with van der Waals surface area (Å²) in [6.07, 6.45) is 5.86. The maximum Gasteiger partial charge on any atom is 0.333 e. The Morgan fingerprint density at radius 3 is 2.81 bits per heavy atom. The summed E-state index contributed by atoms with van der Waals surface area (Å²) >= 11 is 1.47. The highest BCUT2D eigenvalue weighted by molar-refractivity contribution is 7.98. The van der Waals surface area contributed by atoms with Crippen molar-refractivity contribution in [3.63, 3.8) is 0 Å². The number of rotatable bonds is 7.